The summed E-state index contributed by atoms with van der Waals surface area (Å²) in [6.07, 6.45) is 2.12. The summed E-state index contributed by atoms with van der Waals surface area (Å²) in [5.74, 6) is 0.601. The van der Waals surface area contributed by atoms with Crippen LogP contribution < -0.4 is 5.32 Å². The molecule has 1 aromatic heterocycles. The second-order valence-electron chi connectivity index (χ2n) is 5.66. The van der Waals surface area contributed by atoms with E-state index in [1.54, 1.807) is 6.07 Å². The number of hydrogen-bond donors (Lipinski definition) is 1. The first-order valence-electron chi connectivity index (χ1n) is 6.85. The van der Waals surface area contributed by atoms with Gasteiger partial charge in [-0.05, 0) is 47.8 Å². The standard InChI is InChI=1S/C14H18BrN3O2/c1-10-11(15)2-3-12(16-10)17-13(19)18-8-14(9-18)4-6-20-7-5-14/h2-3H,4-9H2,1H3,(H,16,17,19). The van der Waals surface area contributed by atoms with Crippen LogP contribution in [0.1, 0.15) is 18.5 Å². The van der Waals surface area contributed by atoms with Crippen LogP contribution in [0.4, 0.5) is 10.6 Å². The van der Waals surface area contributed by atoms with Gasteiger partial charge < -0.3 is 9.64 Å². The van der Waals surface area contributed by atoms with Gasteiger partial charge in [0.25, 0.3) is 0 Å². The van der Waals surface area contributed by atoms with E-state index in [2.05, 4.69) is 26.2 Å². The lowest BCUT2D eigenvalue weighted by atomic mass is 9.73. The SMILES string of the molecule is Cc1nc(NC(=O)N2CC3(CCOCC3)C2)ccc1Br. The summed E-state index contributed by atoms with van der Waals surface area (Å²) in [6.45, 7) is 5.21. The van der Waals surface area contributed by atoms with Gasteiger partial charge in [-0.15, -0.1) is 0 Å². The van der Waals surface area contributed by atoms with Crippen LogP contribution in [-0.4, -0.2) is 42.2 Å². The summed E-state index contributed by atoms with van der Waals surface area (Å²) in [7, 11) is 0. The largest absolute Gasteiger partial charge is 0.381 e. The van der Waals surface area contributed by atoms with Crippen LogP contribution in [0.3, 0.4) is 0 Å². The minimum atomic E-state index is -0.0589. The maximum absolute atomic E-state index is 12.1. The second-order valence-corrected chi connectivity index (χ2v) is 6.52. The van der Waals surface area contributed by atoms with E-state index in [0.29, 0.717) is 11.2 Å². The molecule has 1 aromatic rings. The van der Waals surface area contributed by atoms with Gasteiger partial charge in [-0.2, -0.15) is 0 Å². The minimum Gasteiger partial charge on any atom is -0.381 e. The smallest absolute Gasteiger partial charge is 0.323 e. The van der Waals surface area contributed by atoms with Crippen molar-refractivity contribution in [2.75, 3.05) is 31.6 Å². The fourth-order valence-electron chi connectivity index (χ4n) is 2.83. The van der Waals surface area contributed by atoms with Crippen LogP contribution in [0.25, 0.3) is 0 Å². The molecule has 0 aliphatic carbocycles. The first kappa shape index (κ1) is 13.8. The molecule has 5 nitrogen and oxygen atoms in total. The Balaban J connectivity index is 1.57. The fourth-order valence-corrected chi connectivity index (χ4v) is 3.05. The maximum Gasteiger partial charge on any atom is 0.323 e. The zero-order chi connectivity index (χ0) is 14.2. The molecule has 20 heavy (non-hydrogen) atoms. The van der Waals surface area contributed by atoms with Gasteiger partial charge in [0.15, 0.2) is 0 Å². The number of carbonyl (C=O) groups is 1. The van der Waals surface area contributed by atoms with E-state index in [1.165, 1.54) is 0 Å². The number of anilines is 1. The van der Waals surface area contributed by atoms with E-state index in [4.69, 9.17) is 4.74 Å². The number of ether oxygens (including phenoxy) is 1. The highest BCUT2D eigenvalue weighted by molar-refractivity contribution is 9.10. The highest BCUT2D eigenvalue weighted by Crippen LogP contribution is 2.39. The molecule has 0 aromatic carbocycles. The van der Waals surface area contributed by atoms with Crippen molar-refractivity contribution in [2.45, 2.75) is 19.8 Å². The summed E-state index contributed by atoms with van der Waals surface area (Å²) in [6, 6.07) is 3.64. The molecule has 108 valence electrons. The van der Waals surface area contributed by atoms with Gasteiger partial charge in [0.05, 0.1) is 5.69 Å². The number of nitrogens with one attached hydrogen (secondary N) is 1. The van der Waals surface area contributed by atoms with Crippen molar-refractivity contribution in [3.05, 3.63) is 22.3 Å². The first-order valence-corrected chi connectivity index (χ1v) is 7.64. The van der Waals surface area contributed by atoms with Crippen molar-refractivity contribution in [1.29, 1.82) is 0 Å². The normalized spacial score (nSPS) is 20.6. The molecule has 2 amide bonds. The van der Waals surface area contributed by atoms with Gasteiger partial charge in [0.1, 0.15) is 5.82 Å². The summed E-state index contributed by atoms with van der Waals surface area (Å²) >= 11 is 3.40. The number of halogens is 1. The molecule has 2 aliphatic rings. The molecule has 1 N–H and O–H groups in total. The van der Waals surface area contributed by atoms with E-state index in [9.17, 15) is 4.79 Å². The number of urea groups is 1. The quantitative estimate of drug-likeness (QED) is 0.855. The molecular formula is C14H18BrN3O2. The fraction of sp³-hybridized carbons (Fsp3) is 0.571. The molecule has 0 atom stereocenters. The van der Waals surface area contributed by atoms with E-state index in [1.807, 2.05) is 17.9 Å². The molecule has 3 rings (SSSR count). The lowest BCUT2D eigenvalue weighted by Crippen LogP contribution is -2.61. The van der Waals surface area contributed by atoms with Gasteiger partial charge in [0, 0.05) is 36.2 Å². The Morgan fingerprint density at radius 3 is 2.75 bits per heavy atom. The molecule has 0 bridgehead atoms. The molecule has 2 saturated heterocycles. The second kappa shape index (κ2) is 5.33. The minimum absolute atomic E-state index is 0.0589. The Bertz CT molecular complexity index is 521. The Labute approximate surface area is 126 Å². The van der Waals surface area contributed by atoms with Crippen molar-refractivity contribution < 1.29 is 9.53 Å². The van der Waals surface area contributed by atoms with Crippen LogP contribution in [-0.2, 0) is 4.74 Å². The average molecular weight is 340 g/mol. The summed E-state index contributed by atoms with van der Waals surface area (Å²) in [5, 5.41) is 2.86. The van der Waals surface area contributed by atoms with E-state index in [0.717, 1.165) is 49.3 Å². The number of carbonyl (C=O) groups excluding carboxylic acids is 1. The molecule has 2 aliphatic heterocycles. The van der Waals surface area contributed by atoms with Crippen molar-refractivity contribution in [2.24, 2.45) is 5.41 Å². The molecule has 0 saturated carbocycles. The highest BCUT2D eigenvalue weighted by Gasteiger charge is 2.45. The molecule has 0 unspecified atom stereocenters. The number of aromatic nitrogens is 1. The van der Waals surface area contributed by atoms with Crippen LogP contribution in [0, 0.1) is 12.3 Å². The predicted molar refractivity (Wildman–Crippen MR) is 79.8 cm³/mol. The monoisotopic (exact) mass is 339 g/mol. The third-order valence-corrected chi connectivity index (χ3v) is 4.99. The Kier molecular flexibility index (Phi) is 3.69. The van der Waals surface area contributed by atoms with Gasteiger partial charge in [-0.1, -0.05) is 0 Å². The molecule has 6 heteroatoms. The predicted octanol–water partition coefficient (Wildman–Crippen LogP) is 2.80. The lowest BCUT2D eigenvalue weighted by molar-refractivity contribution is -0.0596. The summed E-state index contributed by atoms with van der Waals surface area (Å²) in [5.41, 5.74) is 1.17. The number of pyridine rings is 1. The van der Waals surface area contributed by atoms with E-state index >= 15 is 0 Å². The van der Waals surface area contributed by atoms with Crippen molar-refractivity contribution in [3.8, 4) is 0 Å². The molecule has 1 spiro atoms. The number of amides is 2. The molecule has 0 radical (unpaired) electrons. The number of likely N-dealkylation sites (tertiary alicyclic amines) is 1. The van der Waals surface area contributed by atoms with Crippen molar-refractivity contribution >= 4 is 27.8 Å². The van der Waals surface area contributed by atoms with E-state index < -0.39 is 0 Å². The number of hydrogen-bond acceptors (Lipinski definition) is 3. The Hall–Kier alpha value is -1.14. The Morgan fingerprint density at radius 2 is 2.10 bits per heavy atom. The average Bonchev–Trinajstić information content (AvgIpc) is 2.41. The third-order valence-electron chi connectivity index (χ3n) is 4.15. The van der Waals surface area contributed by atoms with Gasteiger partial charge in [-0.3, -0.25) is 5.32 Å². The van der Waals surface area contributed by atoms with Crippen molar-refractivity contribution in [1.82, 2.24) is 9.88 Å². The van der Waals surface area contributed by atoms with Gasteiger partial charge in [0.2, 0.25) is 0 Å². The number of rotatable bonds is 1. The number of nitrogens with zero attached hydrogens (tertiary/aromatic N) is 2. The van der Waals surface area contributed by atoms with E-state index in [-0.39, 0.29) is 6.03 Å². The third kappa shape index (κ3) is 2.67. The topological polar surface area (TPSA) is 54.5 Å². The molecule has 3 heterocycles. The van der Waals surface area contributed by atoms with Crippen LogP contribution in [0.5, 0.6) is 0 Å². The van der Waals surface area contributed by atoms with Crippen LogP contribution in [0.2, 0.25) is 0 Å². The zero-order valence-corrected chi connectivity index (χ0v) is 13.1. The number of aryl methyl sites for hydroxylation is 1. The molecule has 2 fully saturated rings. The summed E-state index contributed by atoms with van der Waals surface area (Å²) in [4.78, 5) is 18.3. The Morgan fingerprint density at radius 1 is 1.40 bits per heavy atom. The van der Waals surface area contributed by atoms with Crippen LogP contribution >= 0.6 is 15.9 Å². The molecular weight excluding hydrogens is 322 g/mol. The summed E-state index contributed by atoms with van der Waals surface area (Å²) < 4.78 is 6.33. The van der Waals surface area contributed by atoms with Crippen LogP contribution in [0.15, 0.2) is 16.6 Å². The van der Waals surface area contributed by atoms with Gasteiger partial charge >= 0.3 is 6.03 Å². The lowest BCUT2D eigenvalue weighted by Gasteiger charge is -2.51. The highest BCUT2D eigenvalue weighted by atomic mass is 79.9. The zero-order valence-electron chi connectivity index (χ0n) is 11.5. The van der Waals surface area contributed by atoms with Gasteiger partial charge in [-0.25, -0.2) is 9.78 Å². The first-order chi connectivity index (χ1) is 9.58. The van der Waals surface area contributed by atoms with Crippen molar-refractivity contribution in [3.63, 3.8) is 0 Å². The maximum atomic E-state index is 12.1.